The van der Waals surface area contributed by atoms with Crippen molar-refractivity contribution in [3.8, 4) is 0 Å². The minimum Gasteiger partial charge on any atom is -0.478 e. The predicted molar refractivity (Wildman–Crippen MR) is 65.2 cm³/mol. The second-order valence-electron chi connectivity index (χ2n) is 3.44. The third-order valence-electron chi connectivity index (χ3n) is 1.85. The minimum absolute atomic E-state index is 0.0752. The molecule has 0 aliphatic heterocycles. The van der Waals surface area contributed by atoms with Gasteiger partial charge in [0, 0.05) is 17.0 Å². The molecule has 0 unspecified atom stereocenters. The molecular formula is C12H11BrO3. The standard InChI is InChI=1S/C12H11BrO3/c1-8(14)4-10-5-9(2-3-12(15)16)6-11(13)7-10/h2-3,5-7H,4H2,1H3,(H,15,16)/b3-2+. The molecule has 0 fully saturated rings. The molecule has 3 nitrogen and oxygen atoms in total. The van der Waals surface area contributed by atoms with Crippen molar-refractivity contribution in [2.75, 3.05) is 0 Å². The summed E-state index contributed by atoms with van der Waals surface area (Å²) in [6, 6.07) is 5.44. The Kier molecular flexibility index (Phi) is 4.43. The number of hydrogen-bond donors (Lipinski definition) is 1. The fourth-order valence-corrected chi connectivity index (χ4v) is 1.89. The van der Waals surface area contributed by atoms with Crippen LogP contribution < -0.4 is 0 Å². The molecule has 0 saturated carbocycles. The third-order valence-corrected chi connectivity index (χ3v) is 2.31. The van der Waals surface area contributed by atoms with Crippen LogP contribution in [0, 0.1) is 0 Å². The molecule has 0 heterocycles. The number of rotatable bonds is 4. The Morgan fingerprint density at radius 3 is 2.62 bits per heavy atom. The van der Waals surface area contributed by atoms with E-state index in [4.69, 9.17) is 5.11 Å². The summed E-state index contributed by atoms with van der Waals surface area (Å²) in [5, 5.41) is 8.51. The van der Waals surface area contributed by atoms with Gasteiger partial charge in [-0.2, -0.15) is 0 Å². The molecule has 1 rings (SSSR count). The van der Waals surface area contributed by atoms with Crippen molar-refractivity contribution < 1.29 is 14.7 Å². The minimum atomic E-state index is -0.993. The lowest BCUT2D eigenvalue weighted by molar-refractivity contribution is -0.131. The van der Waals surface area contributed by atoms with Crippen molar-refractivity contribution in [2.45, 2.75) is 13.3 Å². The maximum absolute atomic E-state index is 11.0. The van der Waals surface area contributed by atoms with Crippen LogP contribution in [0.1, 0.15) is 18.1 Å². The SMILES string of the molecule is CC(=O)Cc1cc(Br)cc(/C=C/C(=O)O)c1. The fraction of sp³-hybridized carbons (Fsp3) is 0.167. The van der Waals surface area contributed by atoms with E-state index in [2.05, 4.69) is 15.9 Å². The van der Waals surface area contributed by atoms with Crippen molar-refractivity contribution in [1.82, 2.24) is 0 Å². The Morgan fingerprint density at radius 2 is 2.06 bits per heavy atom. The van der Waals surface area contributed by atoms with Gasteiger partial charge in [0.15, 0.2) is 0 Å². The largest absolute Gasteiger partial charge is 0.478 e. The summed E-state index contributed by atoms with van der Waals surface area (Å²) < 4.78 is 0.830. The summed E-state index contributed by atoms with van der Waals surface area (Å²) >= 11 is 3.32. The Balaban J connectivity index is 2.98. The van der Waals surface area contributed by atoms with E-state index in [1.165, 1.54) is 13.0 Å². The third kappa shape index (κ3) is 4.40. The van der Waals surface area contributed by atoms with E-state index >= 15 is 0 Å². The van der Waals surface area contributed by atoms with Crippen molar-refractivity contribution in [1.29, 1.82) is 0 Å². The smallest absolute Gasteiger partial charge is 0.328 e. The molecule has 0 saturated heterocycles. The number of carbonyl (C=O) groups is 2. The molecule has 0 aromatic heterocycles. The van der Waals surface area contributed by atoms with Gasteiger partial charge in [0.25, 0.3) is 0 Å². The van der Waals surface area contributed by atoms with Gasteiger partial charge in [-0.15, -0.1) is 0 Å². The van der Waals surface area contributed by atoms with E-state index in [0.29, 0.717) is 6.42 Å². The quantitative estimate of drug-likeness (QED) is 0.864. The number of Topliss-reactive ketones (excluding diaryl/α,β-unsaturated/α-hetero) is 1. The van der Waals surface area contributed by atoms with Crippen LogP contribution in [0.2, 0.25) is 0 Å². The first-order valence-electron chi connectivity index (χ1n) is 4.67. The monoisotopic (exact) mass is 282 g/mol. The highest BCUT2D eigenvalue weighted by atomic mass is 79.9. The molecule has 0 aliphatic carbocycles. The molecule has 1 aromatic rings. The summed E-state index contributed by atoms with van der Waals surface area (Å²) in [6.45, 7) is 1.52. The molecule has 1 N–H and O–H groups in total. The highest BCUT2D eigenvalue weighted by Crippen LogP contribution is 2.17. The normalized spacial score (nSPS) is 10.6. The number of aliphatic carboxylic acids is 1. The number of carbonyl (C=O) groups excluding carboxylic acids is 1. The van der Waals surface area contributed by atoms with Crippen LogP contribution in [0.25, 0.3) is 6.08 Å². The van der Waals surface area contributed by atoms with Crippen molar-refractivity contribution in [3.05, 3.63) is 39.9 Å². The molecule has 0 amide bonds. The predicted octanol–water partition coefficient (Wildman–Crippen LogP) is 2.68. The first-order chi connectivity index (χ1) is 7.47. The number of carboxylic acid groups (broad SMARTS) is 1. The van der Waals surface area contributed by atoms with Crippen molar-refractivity contribution in [3.63, 3.8) is 0 Å². The summed E-state index contributed by atoms with van der Waals surface area (Å²) in [7, 11) is 0. The number of ketones is 1. The molecule has 0 radical (unpaired) electrons. The van der Waals surface area contributed by atoms with Crippen molar-refractivity contribution in [2.24, 2.45) is 0 Å². The lowest BCUT2D eigenvalue weighted by atomic mass is 10.1. The number of carboxylic acids is 1. The first-order valence-corrected chi connectivity index (χ1v) is 5.46. The average molecular weight is 283 g/mol. The van der Waals surface area contributed by atoms with Crippen LogP contribution in [-0.2, 0) is 16.0 Å². The summed E-state index contributed by atoms with van der Waals surface area (Å²) in [6.07, 6.45) is 2.92. The summed E-state index contributed by atoms with van der Waals surface area (Å²) in [5.74, 6) is -0.917. The zero-order chi connectivity index (χ0) is 12.1. The molecule has 0 spiro atoms. The van der Waals surface area contributed by atoms with Gasteiger partial charge in [-0.3, -0.25) is 4.79 Å². The maximum Gasteiger partial charge on any atom is 0.328 e. The lowest BCUT2D eigenvalue weighted by Gasteiger charge is -2.01. The highest BCUT2D eigenvalue weighted by Gasteiger charge is 2.01. The van der Waals surface area contributed by atoms with Gasteiger partial charge < -0.3 is 5.11 Å². The topological polar surface area (TPSA) is 54.4 Å². The van der Waals surface area contributed by atoms with Gasteiger partial charge in [-0.25, -0.2) is 4.79 Å². The van der Waals surface area contributed by atoms with Crippen LogP contribution in [0.15, 0.2) is 28.7 Å². The van der Waals surface area contributed by atoms with Crippen LogP contribution >= 0.6 is 15.9 Å². The van der Waals surface area contributed by atoms with E-state index in [-0.39, 0.29) is 5.78 Å². The molecule has 0 bridgehead atoms. The lowest BCUT2D eigenvalue weighted by Crippen LogP contribution is -1.96. The van der Waals surface area contributed by atoms with Crippen LogP contribution in [0.3, 0.4) is 0 Å². The number of halogens is 1. The Hall–Kier alpha value is -1.42. The number of benzene rings is 1. The zero-order valence-electron chi connectivity index (χ0n) is 8.74. The van der Waals surface area contributed by atoms with E-state index in [1.54, 1.807) is 12.1 Å². The molecule has 4 heteroatoms. The zero-order valence-corrected chi connectivity index (χ0v) is 10.3. The average Bonchev–Trinajstić information content (AvgIpc) is 2.12. The first kappa shape index (κ1) is 12.6. The fourth-order valence-electron chi connectivity index (χ4n) is 1.33. The van der Waals surface area contributed by atoms with Gasteiger partial charge in [-0.1, -0.05) is 22.0 Å². The Bertz CT molecular complexity index is 450. The molecule has 84 valence electrons. The molecule has 16 heavy (non-hydrogen) atoms. The summed E-state index contributed by atoms with van der Waals surface area (Å²) in [4.78, 5) is 21.3. The highest BCUT2D eigenvalue weighted by molar-refractivity contribution is 9.10. The van der Waals surface area contributed by atoms with Gasteiger partial charge in [0.2, 0.25) is 0 Å². The second-order valence-corrected chi connectivity index (χ2v) is 4.36. The molecule has 1 aromatic carbocycles. The van der Waals surface area contributed by atoms with E-state index in [0.717, 1.165) is 21.7 Å². The second kappa shape index (κ2) is 5.61. The Labute approximate surface area is 102 Å². The van der Waals surface area contributed by atoms with Crippen molar-refractivity contribution >= 4 is 33.8 Å². The van der Waals surface area contributed by atoms with Crippen LogP contribution in [0.5, 0.6) is 0 Å². The van der Waals surface area contributed by atoms with Gasteiger partial charge >= 0.3 is 5.97 Å². The van der Waals surface area contributed by atoms with E-state index in [9.17, 15) is 9.59 Å². The molecular weight excluding hydrogens is 272 g/mol. The molecule has 0 aliphatic rings. The maximum atomic E-state index is 11.0. The Morgan fingerprint density at radius 1 is 1.38 bits per heavy atom. The number of hydrogen-bond acceptors (Lipinski definition) is 2. The summed E-state index contributed by atoms with van der Waals surface area (Å²) in [5.41, 5.74) is 1.62. The van der Waals surface area contributed by atoms with E-state index < -0.39 is 5.97 Å². The van der Waals surface area contributed by atoms with Crippen LogP contribution in [0.4, 0.5) is 0 Å². The van der Waals surface area contributed by atoms with E-state index in [1.807, 2.05) is 6.07 Å². The van der Waals surface area contributed by atoms with Gasteiger partial charge in [-0.05, 0) is 36.3 Å². The molecule has 0 atom stereocenters. The van der Waals surface area contributed by atoms with Crippen LogP contribution in [-0.4, -0.2) is 16.9 Å². The van der Waals surface area contributed by atoms with Gasteiger partial charge in [0.05, 0.1) is 0 Å². The van der Waals surface area contributed by atoms with Gasteiger partial charge in [0.1, 0.15) is 5.78 Å².